The summed E-state index contributed by atoms with van der Waals surface area (Å²) in [5.41, 5.74) is 1.49. The van der Waals surface area contributed by atoms with Gasteiger partial charge in [-0.1, -0.05) is 6.07 Å². The molecular weight excluding hydrogens is 256 g/mol. The summed E-state index contributed by atoms with van der Waals surface area (Å²) in [6.45, 7) is 0. The van der Waals surface area contributed by atoms with Gasteiger partial charge in [0.05, 0.1) is 18.2 Å². The lowest BCUT2D eigenvalue weighted by atomic mass is 10.2. The van der Waals surface area contributed by atoms with Crippen LogP contribution >= 0.6 is 0 Å². The van der Waals surface area contributed by atoms with Gasteiger partial charge in [0.2, 0.25) is 0 Å². The number of pyridine rings is 1. The average Bonchev–Trinajstić information content (AvgIpc) is 2.47. The number of carbonyl (C=O) groups is 2. The number of aromatic nitrogens is 1. The Labute approximate surface area is 116 Å². The smallest absolute Gasteiger partial charge is 0.337 e. The molecule has 2 rings (SSSR count). The van der Waals surface area contributed by atoms with Gasteiger partial charge in [0, 0.05) is 17.8 Å². The number of amides is 1. The van der Waals surface area contributed by atoms with E-state index < -0.39 is 5.97 Å². The molecule has 0 aliphatic rings. The first-order valence-electron chi connectivity index (χ1n) is 6.05. The Bertz CT molecular complexity index is 636. The van der Waals surface area contributed by atoms with E-state index in [1.807, 2.05) is 11.6 Å². The molecule has 5 heteroatoms. The fourth-order valence-corrected chi connectivity index (χ4v) is 1.70. The Morgan fingerprint density at radius 1 is 1.10 bits per heavy atom. The summed E-state index contributed by atoms with van der Waals surface area (Å²) in [7, 11) is 3.19. The highest BCUT2D eigenvalue weighted by Crippen LogP contribution is 2.12. The standard InChI is InChI=1S/C15H14N2O3/c1-17-8-6-11(7-9-17)14(18)16-13-5-3-4-12(10-13)15(19)20-2/h3-10H,1-2H3/p+1. The van der Waals surface area contributed by atoms with Crippen LogP contribution in [0.2, 0.25) is 0 Å². The zero-order valence-electron chi connectivity index (χ0n) is 11.3. The minimum Gasteiger partial charge on any atom is -0.465 e. The largest absolute Gasteiger partial charge is 0.465 e. The van der Waals surface area contributed by atoms with E-state index in [-0.39, 0.29) is 5.91 Å². The van der Waals surface area contributed by atoms with Gasteiger partial charge in [0.1, 0.15) is 7.05 Å². The van der Waals surface area contributed by atoms with Crippen molar-refractivity contribution in [3.8, 4) is 0 Å². The molecule has 0 saturated heterocycles. The van der Waals surface area contributed by atoms with Gasteiger partial charge >= 0.3 is 5.97 Å². The molecule has 5 nitrogen and oxygen atoms in total. The summed E-state index contributed by atoms with van der Waals surface area (Å²) in [6, 6.07) is 10.1. The van der Waals surface area contributed by atoms with E-state index in [4.69, 9.17) is 0 Å². The van der Waals surface area contributed by atoms with E-state index in [1.165, 1.54) is 7.11 Å². The molecule has 2 aromatic rings. The Balaban J connectivity index is 2.15. The Morgan fingerprint density at radius 3 is 2.45 bits per heavy atom. The molecule has 0 saturated carbocycles. The van der Waals surface area contributed by atoms with Crippen molar-refractivity contribution in [2.24, 2.45) is 7.05 Å². The van der Waals surface area contributed by atoms with Crippen LogP contribution in [0.15, 0.2) is 48.8 Å². The predicted molar refractivity (Wildman–Crippen MR) is 73.4 cm³/mol. The maximum atomic E-state index is 12.0. The first-order valence-corrected chi connectivity index (χ1v) is 6.05. The fraction of sp³-hybridized carbons (Fsp3) is 0.133. The summed E-state index contributed by atoms with van der Waals surface area (Å²) < 4.78 is 6.48. The Kier molecular flexibility index (Phi) is 4.10. The summed E-state index contributed by atoms with van der Waals surface area (Å²) in [6.07, 6.45) is 3.58. The molecule has 0 atom stereocenters. The van der Waals surface area contributed by atoms with Gasteiger partial charge in [0.15, 0.2) is 12.4 Å². The van der Waals surface area contributed by atoms with E-state index in [2.05, 4.69) is 10.1 Å². The van der Waals surface area contributed by atoms with Crippen LogP contribution in [0.25, 0.3) is 0 Å². The van der Waals surface area contributed by atoms with Gasteiger partial charge < -0.3 is 10.1 Å². The van der Waals surface area contributed by atoms with Crippen molar-refractivity contribution >= 4 is 17.6 Å². The van der Waals surface area contributed by atoms with Crippen LogP contribution < -0.4 is 9.88 Å². The molecule has 0 aliphatic carbocycles. The minimum absolute atomic E-state index is 0.229. The summed E-state index contributed by atoms with van der Waals surface area (Å²) >= 11 is 0. The van der Waals surface area contributed by atoms with Crippen molar-refractivity contribution in [1.29, 1.82) is 0 Å². The highest BCUT2D eigenvalue weighted by Gasteiger charge is 2.10. The lowest BCUT2D eigenvalue weighted by molar-refractivity contribution is -0.671. The number of esters is 1. The molecule has 20 heavy (non-hydrogen) atoms. The first kappa shape index (κ1) is 13.7. The van der Waals surface area contributed by atoms with E-state index >= 15 is 0 Å². The molecule has 1 aromatic heterocycles. The second kappa shape index (κ2) is 5.97. The van der Waals surface area contributed by atoms with E-state index in [0.29, 0.717) is 16.8 Å². The summed E-state index contributed by atoms with van der Waals surface area (Å²) in [5.74, 6) is -0.666. The van der Waals surface area contributed by atoms with E-state index in [0.717, 1.165) is 0 Å². The van der Waals surface area contributed by atoms with Crippen LogP contribution in [-0.4, -0.2) is 19.0 Å². The van der Waals surface area contributed by atoms with Gasteiger partial charge in [-0.25, -0.2) is 9.36 Å². The third-order valence-electron chi connectivity index (χ3n) is 2.78. The molecule has 1 amide bonds. The van der Waals surface area contributed by atoms with Crippen molar-refractivity contribution < 1.29 is 18.9 Å². The molecule has 0 radical (unpaired) electrons. The minimum atomic E-state index is -0.437. The second-order valence-electron chi connectivity index (χ2n) is 4.28. The van der Waals surface area contributed by atoms with E-state index in [1.54, 1.807) is 48.8 Å². The van der Waals surface area contributed by atoms with Crippen LogP contribution in [0.1, 0.15) is 20.7 Å². The topological polar surface area (TPSA) is 59.3 Å². The van der Waals surface area contributed by atoms with Crippen molar-refractivity contribution in [2.75, 3.05) is 12.4 Å². The van der Waals surface area contributed by atoms with Crippen molar-refractivity contribution in [2.45, 2.75) is 0 Å². The van der Waals surface area contributed by atoms with Crippen molar-refractivity contribution in [1.82, 2.24) is 0 Å². The van der Waals surface area contributed by atoms with Gasteiger partial charge in [-0.2, -0.15) is 0 Å². The number of aryl methyl sites for hydroxylation is 1. The highest BCUT2D eigenvalue weighted by atomic mass is 16.5. The fourth-order valence-electron chi connectivity index (χ4n) is 1.70. The van der Waals surface area contributed by atoms with Crippen LogP contribution in [0.5, 0.6) is 0 Å². The molecule has 0 spiro atoms. The number of nitrogens with one attached hydrogen (secondary N) is 1. The number of hydrogen-bond acceptors (Lipinski definition) is 3. The molecule has 0 aliphatic heterocycles. The monoisotopic (exact) mass is 271 g/mol. The predicted octanol–water partition coefficient (Wildman–Crippen LogP) is 1.55. The molecule has 102 valence electrons. The maximum absolute atomic E-state index is 12.0. The number of ether oxygens (including phenoxy) is 1. The number of anilines is 1. The SMILES string of the molecule is COC(=O)c1cccc(NC(=O)c2cc[n+](C)cc2)c1. The molecule has 1 aromatic carbocycles. The van der Waals surface area contributed by atoms with Gasteiger partial charge in [-0.15, -0.1) is 0 Å². The van der Waals surface area contributed by atoms with Crippen molar-refractivity contribution in [3.05, 3.63) is 59.9 Å². The summed E-state index contributed by atoms with van der Waals surface area (Å²) in [5, 5.41) is 2.74. The number of nitrogens with zero attached hydrogens (tertiary/aromatic N) is 1. The Morgan fingerprint density at radius 2 is 1.80 bits per heavy atom. The molecule has 1 heterocycles. The van der Waals surface area contributed by atoms with E-state index in [9.17, 15) is 9.59 Å². The molecule has 0 unspecified atom stereocenters. The number of benzene rings is 1. The van der Waals surface area contributed by atoms with Crippen LogP contribution in [-0.2, 0) is 11.8 Å². The highest BCUT2D eigenvalue weighted by molar-refractivity contribution is 6.04. The lowest BCUT2D eigenvalue weighted by Crippen LogP contribution is -2.27. The molecule has 1 N–H and O–H groups in total. The first-order chi connectivity index (χ1) is 9.60. The third kappa shape index (κ3) is 3.20. The van der Waals surface area contributed by atoms with Crippen LogP contribution in [0, 0.1) is 0 Å². The zero-order valence-corrected chi connectivity index (χ0v) is 11.3. The Hall–Kier alpha value is -2.69. The quantitative estimate of drug-likeness (QED) is 0.680. The normalized spacial score (nSPS) is 9.90. The number of carbonyl (C=O) groups excluding carboxylic acids is 2. The van der Waals surface area contributed by atoms with Crippen LogP contribution in [0.4, 0.5) is 5.69 Å². The number of rotatable bonds is 3. The van der Waals surface area contributed by atoms with Gasteiger partial charge in [-0.05, 0) is 18.2 Å². The molecule has 0 fully saturated rings. The van der Waals surface area contributed by atoms with Gasteiger partial charge in [-0.3, -0.25) is 4.79 Å². The average molecular weight is 271 g/mol. The van der Waals surface area contributed by atoms with Crippen LogP contribution in [0.3, 0.4) is 0 Å². The third-order valence-corrected chi connectivity index (χ3v) is 2.78. The maximum Gasteiger partial charge on any atom is 0.337 e. The second-order valence-corrected chi connectivity index (χ2v) is 4.28. The zero-order chi connectivity index (χ0) is 14.5. The van der Waals surface area contributed by atoms with Crippen molar-refractivity contribution in [3.63, 3.8) is 0 Å². The molecule has 0 bridgehead atoms. The number of methoxy groups -OCH3 is 1. The lowest BCUT2D eigenvalue weighted by Gasteiger charge is -2.06. The number of hydrogen-bond donors (Lipinski definition) is 1. The molecular formula is C15H15N2O3+. The summed E-state index contributed by atoms with van der Waals surface area (Å²) in [4.78, 5) is 23.5. The van der Waals surface area contributed by atoms with Gasteiger partial charge in [0.25, 0.3) is 5.91 Å².